The Bertz CT molecular complexity index is 1200. The van der Waals surface area contributed by atoms with E-state index in [1.54, 1.807) is 0 Å². The maximum atomic E-state index is 5.98. The predicted molar refractivity (Wildman–Crippen MR) is 149 cm³/mol. The van der Waals surface area contributed by atoms with Crippen LogP contribution in [0.5, 0.6) is 0 Å². The minimum absolute atomic E-state index is 0.202. The molecule has 182 valence electrons. The van der Waals surface area contributed by atoms with Crippen molar-refractivity contribution < 1.29 is 4.74 Å². The lowest BCUT2D eigenvalue weighted by Crippen LogP contribution is -2.13. The van der Waals surface area contributed by atoms with Crippen molar-refractivity contribution in [2.24, 2.45) is 15.9 Å². The van der Waals surface area contributed by atoms with E-state index in [0.717, 1.165) is 28.2 Å². The number of ether oxygens (including phenoxy) is 1. The molecule has 3 aromatic carbocycles. The van der Waals surface area contributed by atoms with E-state index >= 15 is 0 Å². The Morgan fingerprint density at radius 3 is 2.09 bits per heavy atom. The first-order chi connectivity index (χ1) is 16.8. The van der Waals surface area contributed by atoms with Gasteiger partial charge in [0.1, 0.15) is 6.61 Å². The van der Waals surface area contributed by atoms with Gasteiger partial charge in [-0.3, -0.25) is 4.99 Å². The molecule has 0 aliphatic carbocycles. The smallest absolute Gasteiger partial charge is 0.218 e. The fraction of sp³-hybridized carbons (Fsp3) is 0.355. The molecule has 0 fully saturated rings. The molecule has 1 aliphatic rings. The van der Waals surface area contributed by atoms with Crippen LogP contribution in [-0.4, -0.2) is 24.8 Å². The Morgan fingerprint density at radius 2 is 1.46 bits per heavy atom. The zero-order chi connectivity index (χ0) is 24.9. The maximum Gasteiger partial charge on any atom is 0.218 e. The molecule has 0 radical (unpaired) electrons. The normalized spacial score (nSPS) is 15.8. The first kappa shape index (κ1) is 24.7. The Balaban J connectivity index is 1.68. The van der Waals surface area contributed by atoms with Crippen LogP contribution in [0.2, 0.25) is 0 Å². The van der Waals surface area contributed by atoms with E-state index in [0.29, 0.717) is 30.3 Å². The Kier molecular flexibility index (Phi) is 7.70. The fourth-order valence-electron chi connectivity index (χ4n) is 4.32. The minimum atomic E-state index is 0.202. The van der Waals surface area contributed by atoms with E-state index in [4.69, 9.17) is 14.7 Å². The van der Waals surface area contributed by atoms with Gasteiger partial charge in [-0.2, -0.15) is 0 Å². The molecule has 1 aliphatic heterocycles. The first-order valence-corrected chi connectivity index (χ1v) is 12.7. The molecular formula is C31H37N3O. The zero-order valence-electron chi connectivity index (χ0n) is 21.7. The number of aliphatic imine (C=N–C) groups is 2. The van der Waals surface area contributed by atoms with Crippen LogP contribution >= 0.6 is 0 Å². The summed E-state index contributed by atoms with van der Waals surface area (Å²) in [5, 5.41) is 3.62. The van der Waals surface area contributed by atoms with Crippen LogP contribution in [0, 0.1) is 5.92 Å². The van der Waals surface area contributed by atoms with Crippen LogP contribution in [0.25, 0.3) is 0 Å². The fourth-order valence-corrected chi connectivity index (χ4v) is 4.32. The summed E-state index contributed by atoms with van der Waals surface area (Å²) < 4.78 is 5.98. The highest BCUT2D eigenvalue weighted by molar-refractivity contribution is 6.02. The summed E-state index contributed by atoms with van der Waals surface area (Å²) in [5.41, 5.74) is 7.62. The topological polar surface area (TPSA) is 46.0 Å². The summed E-state index contributed by atoms with van der Waals surface area (Å²) in [7, 11) is 0. The Morgan fingerprint density at radius 1 is 0.829 bits per heavy atom. The number of benzene rings is 3. The highest BCUT2D eigenvalue weighted by Crippen LogP contribution is 2.35. The van der Waals surface area contributed by atoms with E-state index in [2.05, 4.69) is 89.3 Å². The van der Waals surface area contributed by atoms with Gasteiger partial charge in [0, 0.05) is 17.5 Å². The quantitative estimate of drug-likeness (QED) is 0.339. The number of rotatable bonds is 8. The molecule has 0 bridgehead atoms. The molecular weight excluding hydrogens is 430 g/mol. The van der Waals surface area contributed by atoms with Crippen molar-refractivity contribution in [3.05, 3.63) is 89.0 Å². The molecule has 0 amide bonds. The van der Waals surface area contributed by atoms with Gasteiger partial charge >= 0.3 is 0 Å². The van der Waals surface area contributed by atoms with E-state index in [-0.39, 0.29) is 6.04 Å². The average molecular weight is 468 g/mol. The largest absolute Gasteiger partial charge is 0.475 e. The van der Waals surface area contributed by atoms with Crippen LogP contribution in [-0.2, 0) is 4.74 Å². The summed E-state index contributed by atoms with van der Waals surface area (Å²) in [4.78, 5) is 9.88. The number of nitrogens with zero attached hydrogens (tertiary/aromatic N) is 2. The summed E-state index contributed by atoms with van der Waals surface area (Å²) in [5.74, 6) is 1.98. The van der Waals surface area contributed by atoms with Crippen LogP contribution in [0.4, 0.5) is 17.1 Å². The van der Waals surface area contributed by atoms with Crippen molar-refractivity contribution in [1.29, 1.82) is 0 Å². The lowest BCUT2D eigenvalue weighted by Gasteiger charge is -2.17. The average Bonchev–Trinajstić information content (AvgIpc) is 3.34. The van der Waals surface area contributed by atoms with Crippen LogP contribution < -0.4 is 5.32 Å². The molecule has 4 heteroatoms. The third-order valence-corrected chi connectivity index (χ3v) is 6.51. The van der Waals surface area contributed by atoms with Crippen molar-refractivity contribution in [2.75, 3.05) is 11.9 Å². The van der Waals surface area contributed by atoms with Crippen LogP contribution in [0.1, 0.15) is 75.6 Å². The van der Waals surface area contributed by atoms with Gasteiger partial charge in [-0.25, -0.2) is 4.99 Å². The molecule has 0 saturated carbocycles. The second-order valence-electron chi connectivity index (χ2n) is 10.2. The van der Waals surface area contributed by atoms with Crippen molar-refractivity contribution in [2.45, 2.75) is 59.4 Å². The Labute approximate surface area is 210 Å². The molecule has 0 saturated heterocycles. The number of para-hydroxylation sites is 3. The molecule has 35 heavy (non-hydrogen) atoms. The molecule has 4 rings (SSSR count). The number of hydrogen-bond donors (Lipinski definition) is 1. The monoisotopic (exact) mass is 467 g/mol. The molecule has 1 heterocycles. The van der Waals surface area contributed by atoms with Gasteiger partial charge in [0.2, 0.25) is 5.90 Å². The van der Waals surface area contributed by atoms with E-state index < -0.39 is 0 Å². The molecule has 4 nitrogen and oxygen atoms in total. The van der Waals surface area contributed by atoms with E-state index in [1.165, 1.54) is 11.1 Å². The minimum Gasteiger partial charge on any atom is -0.475 e. The van der Waals surface area contributed by atoms with E-state index in [1.807, 2.05) is 30.5 Å². The number of hydrogen-bond acceptors (Lipinski definition) is 4. The highest BCUT2D eigenvalue weighted by atomic mass is 16.5. The molecule has 0 spiro atoms. The Hall–Kier alpha value is -3.40. The van der Waals surface area contributed by atoms with Crippen molar-refractivity contribution >= 4 is 29.2 Å². The summed E-state index contributed by atoms with van der Waals surface area (Å²) in [6.07, 6.45) is 1.98. The van der Waals surface area contributed by atoms with Gasteiger partial charge in [-0.1, -0.05) is 90.1 Å². The lowest BCUT2D eigenvalue weighted by atomic mass is 9.93. The molecule has 1 atom stereocenters. The van der Waals surface area contributed by atoms with Gasteiger partial charge < -0.3 is 10.1 Å². The van der Waals surface area contributed by atoms with Crippen molar-refractivity contribution in [1.82, 2.24) is 0 Å². The van der Waals surface area contributed by atoms with Crippen molar-refractivity contribution in [3.8, 4) is 0 Å². The molecule has 3 aromatic rings. The molecule has 0 aromatic heterocycles. The summed E-state index contributed by atoms with van der Waals surface area (Å²) in [6.45, 7) is 13.9. The maximum absolute atomic E-state index is 5.98. The van der Waals surface area contributed by atoms with Crippen molar-refractivity contribution in [3.63, 3.8) is 0 Å². The summed E-state index contributed by atoms with van der Waals surface area (Å²) >= 11 is 0. The third kappa shape index (κ3) is 5.64. The van der Waals surface area contributed by atoms with Gasteiger partial charge in [-0.15, -0.1) is 0 Å². The molecule has 1 N–H and O–H groups in total. The first-order valence-electron chi connectivity index (χ1n) is 12.7. The van der Waals surface area contributed by atoms with Crippen LogP contribution in [0.15, 0.2) is 76.7 Å². The van der Waals surface area contributed by atoms with Gasteiger partial charge in [0.05, 0.1) is 23.0 Å². The zero-order valence-corrected chi connectivity index (χ0v) is 21.7. The SMILES string of the molecule is CC(C)c1cccc(C(C)C)c1N=Cc1ccccc1Nc1ccccc1C1=N[C@@H](C(C)C)CO1. The van der Waals surface area contributed by atoms with E-state index in [9.17, 15) is 0 Å². The van der Waals surface area contributed by atoms with Gasteiger partial charge in [0.15, 0.2) is 0 Å². The highest BCUT2D eigenvalue weighted by Gasteiger charge is 2.24. The summed E-state index contributed by atoms with van der Waals surface area (Å²) in [6, 6.07) is 23.2. The standard InChI is InChI=1S/C31H37N3O/c1-20(2)24-14-11-15-25(21(3)4)30(24)32-18-23-12-7-9-16-27(23)33-28-17-10-8-13-26(28)31-34-29(19-35-31)22(5)6/h7-18,20-22,29,33H,19H2,1-6H3/t29-/m1/s1. The second kappa shape index (κ2) is 10.9. The van der Waals surface area contributed by atoms with Crippen LogP contribution in [0.3, 0.4) is 0 Å². The van der Waals surface area contributed by atoms with Gasteiger partial charge in [-0.05, 0) is 47.1 Å². The number of nitrogens with one attached hydrogen (secondary N) is 1. The predicted octanol–water partition coefficient (Wildman–Crippen LogP) is 8.23. The molecule has 0 unspecified atom stereocenters. The lowest BCUT2D eigenvalue weighted by molar-refractivity contribution is 0.292. The van der Waals surface area contributed by atoms with Gasteiger partial charge in [0.25, 0.3) is 0 Å². The number of anilines is 2. The second-order valence-corrected chi connectivity index (χ2v) is 10.2. The third-order valence-electron chi connectivity index (χ3n) is 6.51.